The van der Waals surface area contributed by atoms with Crippen LogP contribution in [0, 0.1) is 5.92 Å². The lowest BCUT2D eigenvalue weighted by molar-refractivity contribution is -0.133. The first-order chi connectivity index (χ1) is 15.3. The number of methoxy groups -OCH3 is 2. The zero-order valence-corrected chi connectivity index (χ0v) is 18.9. The Morgan fingerprint density at radius 3 is 2.53 bits per heavy atom. The molecular formula is C23H30N4O5. The van der Waals surface area contributed by atoms with Crippen LogP contribution in [0.2, 0.25) is 0 Å². The molecule has 1 heterocycles. The first-order valence-electron chi connectivity index (χ1n) is 10.4. The number of ether oxygens (including phenoxy) is 2. The number of nitrogens with one attached hydrogen (secondary N) is 2. The highest BCUT2D eigenvalue weighted by molar-refractivity contribution is 6.00. The monoisotopic (exact) mass is 442 g/mol. The van der Waals surface area contributed by atoms with Gasteiger partial charge < -0.3 is 19.8 Å². The number of nitrogens with zero attached hydrogens (tertiary/aromatic N) is 2. The second kappa shape index (κ2) is 11.8. The van der Waals surface area contributed by atoms with Gasteiger partial charge in [0, 0.05) is 6.42 Å². The van der Waals surface area contributed by atoms with Gasteiger partial charge >= 0.3 is 0 Å². The molecule has 2 atom stereocenters. The number of hydrogen-bond donors (Lipinski definition) is 2. The molecule has 0 aliphatic rings. The van der Waals surface area contributed by atoms with Crippen molar-refractivity contribution in [3.05, 3.63) is 58.3 Å². The third kappa shape index (κ3) is 6.50. The summed E-state index contributed by atoms with van der Waals surface area (Å²) < 4.78 is 10.5. The molecule has 0 spiro atoms. The summed E-state index contributed by atoms with van der Waals surface area (Å²) in [5.74, 6) is 0.128. The fraction of sp³-hybridized carbons (Fsp3) is 0.435. The van der Waals surface area contributed by atoms with Gasteiger partial charge in [-0.25, -0.2) is 0 Å². The van der Waals surface area contributed by atoms with Crippen LogP contribution >= 0.6 is 0 Å². The van der Waals surface area contributed by atoms with Gasteiger partial charge in [0.2, 0.25) is 5.91 Å². The number of amides is 1. The van der Waals surface area contributed by atoms with Crippen LogP contribution in [0.3, 0.4) is 0 Å². The molecule has 9 heteroatoms. The van der Waals surface area contributed by atoms with Crippen molar-refractivity contribution in [3.63, 3.8) is 0 Å². The van der Waals surface area contributed by atoms with E-state index in [-0.39, 0.29) is 11.5 Å². The van der Waals surface area contributed by atoms with Crippen LogP contribution in [0.1, 0.15) is 56.2 Å². The summed E-state index contributed by atoms with van der Waals surface area (Å²) in [6.45, 7) is 6.66. The van der Waals surface area contributed by atoms with Crippen molar-refractivity contribution in [2.75, 3.05) is 14.2 Å². The molecule has 9 nitrogen and oxygen atoms in total. The Bertz CT molecular complexity index is 1020. The van der Waals surface area contributed by atoms with Crippen molar-refractivity contribution in [2.45, 2.75) is 45.6 Å². The normalized spacial score (nSPS) is 12.5. The van der Waals surface area contributed by atoms with Gasteiger partial charge in [0.1, 0.15) is 17.3 Å². The molecule has 0 saturated heterocycles. The molecule has 1 amide bonds. The summed E-state index contributed by atoms with van der Waals surface area (Å²) in [6.07, 6.45) is 3.90. The first-order valence-corrected chi connectivity index (χ1v) is 10.4. The van der Waals surface area contributed by atoms with Crippen LogP contribution in [0.25, 0.3) is 0 Å². The highest BCUT2D eigenvalue weighted by Gasteiger charge is 2.25. The summed E-state index contributed by atoms with van der Waals surface area (Å²) in [7, 11) is 3.10. The van der Waals surface area contributed by atoms with Crippen molar-refractivity contribution in [2.24, 2.45) is 5.92 Å². The SMILES string of the molecule is C=CCCCC(C(C)=O)C(=O)NC(C)c1nnc(Cc2ccc(OC)c(OC)c2)[nH]c1=O. The molecule has 0 saturated carbocycles. The van der Waals surface area contributed by atoms with Crippen molar-refractivity contribution in [1.82, 2.24) is 20.5 Å². The molecule has 0 aliphatic carbocycles. The average Bonchev–Trinajstić information content (AvgIpc) is 2.76. The van der Waals surface area contributed by atoms with E-state index >= 15 is 0 Å². The summed E-state index contributed by atoms with van der Waals surface area (Å²) in [5, 5.41) is 10.8. The molecule has 2 rings (SSSR count). The van der Waals surface area contributed by atoms with Gasteiger partial charge in [-0.05, 0) is 50.8 Å². The Balaban J connectivity index is 2.10. The summed E-state index contributed by atoms with van der Waals surface area (Å²) in [6, 6.07) is 4.71. The van der Waals surface area contributed by atoms with Crippen LogP contribution in [0.15, 0.2) is 35.6 Å². The molecule has 172 valence electrons. The zero-order chi connectivity index (χ0) is 23.7. The minimum absolute atomic E-state index is 0.0720. The Labute approximate surface area is 187 Å². The third-order valence-corrected chi connectivity index (χ3v) is 5.07. The molecule has 2 N–H and O–H groups in total. The summed E-state index contributed by atoms with van der Waals surface area (Å²) >= 11 is 0. The Hall–Kier alpha value is -3.49. The maximum absolute atomic E-state index is 12.6. The van der Waals surface area contributed by atoms with Crippen molar-refractivity contribution < 1.29 is 19.1 Å². The number of carbonyl (C=O) groups is 2. The van der Waals surface area contributed by atoms with E-state index in [1.807, 2.05) is 6.07 Å². The van der Waals surface area contributed by atoms with Gasteiger partial charge in [0.15, 0.2) is 11.5 Å². The average molecular weight is 443 g/mol. The van der Waals surface area contributed by atoms with Gasteiger partial charge in [-0.15, -0.1) is 16.8 Å². The predicted molar refractivity (Wildman–Crippen MR) is 120 cm³/mol. The molecule has 0 radical (unpaired) electrons. The van der Waals surface area contributed by atoms with E-state index in [0.717, 1.165) is 12.0 Å². The van der Waals surface area contributed by atoms with E-state index < -0.39 is 23.4 Å². The highest BCUT2D eigenvalue weighted by Crippen LogP contribution is 2.28. The zero-order valence-electron chi connectivity index (χ0n) is 18.9. The third-order valence-electron chi connectivity index (χ3n) is 5.07. The van der Waals surface area contributed by atoms with Gasteiger partial charge in [0.05, 0.1) is 26.2 Å². The topological polar surface area (TPSA) is 123 Å². The highest BCUT2D eigenvalue weighted by atomic mass is 16.5. The second-order valence-corrected chi connectivity index (χ2v) is 7.47. The molecule has 0 fully saturated rings. The van der Waals surface area contributed by atoms with Crippen molar-refractivity contribution >= 4 is 11.7 Å². The van der Waals surface area contributed by atoms with E-state index in [4.69, 9.17) is 9.47 Å². The maximum atomic E-state index is 12.6. The molecule has 32 heavy (non-hydrogen) atoms. The Morgan fingerprint density at radius 2 is 1.94 bits per heavy atom. The Morgan fingerprint density at radius 1 is 1.22 bits per heavy atom. The van der Waals surface area contributed by atoms with Crippen LogP contribution in [-0.4, -0.2) is 41.1 Å². The van der Waals surface area contributed by atoms with E-state index in [1.54, 1.807) is 39.4 Å². The number of aromatic nitrogens is 3. The van der Waals surface area contributed by atoms with E-state index in [1.165, 1.54) is 6.92 Å². The number of H-pyrrole nitrogens is 1. The molecular weight excluding hydrogens is 412 g/mol. The van der Waals surface area contributed by atoms with Gasteiger partial charge in [-0.1, -0.05) is 12.1 Å². The first kappa shape index (κ1) is 24.8. The second-order valence-electron chi connectivity index (χ2n) is 7.47. The summed E-state index contributed by atoms with van der Waals surface area (Å²) in [4.78, 5) is 39.7. The van der Waals surface area contributed by atoms with Crippen molar-refractivity contribution in [3.8, 4) is 11.5 Å². The molecule has 1 aromatic carbocycles. The van der Waals surface area contributed by atoms with Crippen LogP contribution < -0.4 is 20.3 Å². The smallest absolute Gasteiger partial charge is 0.275 e. The predicted octanol–water partition coefficient (Wildman–Crippen LogP) is 2.51. The minimum atomic E-state index is -0.770. The maximum Gasteiger partial charge on any atom is 0.275 e. The van der Waals surface area contributed by atoms with Gasteiger partial charge in [0.25, 0.3) is 5.56 Å². The van der Waals surface area contributed by atoms with Crippen LogP contribution in [0.4, 0.5) is 0 Å². The fourth-order valence-corrected chi connectivity index (χ4v) is 3.29. The van der Waals surface area contributed by atoms with Crippen molar-refractivity contribution in [1.29, 1.82) is 0 Å². The number of allylic oxidation sites excluding steroid dienone is 1. The van der Waals surface area contributed by atoms with Gasteiger partial charge in [-0.2, -0.15) is 0 Å². The van der Waals surface area contributed by atoms with E-state index in [9.17, 15) is 14.4 Å². The largest absolute Gasteiger partial charge is 0.493 e. The lowest BCUT2D eigenvalue weighted by Crippen LogP contribution is -2.38. The number of hydrogen-bond acceptors (Lipinski definition) is 7. The molecule has 0 bridgehead atoms. The number of rotatable bonds is 12. The fourth-order valence-electron chi connectivity index (χ4n) is 3.29. The number of unbranched alkanes of at least 4 members (excludes halogenated alkanes) is 1. The number of carbonyl (C=O) groups excluding carboxylic acids is 2. The number of benzene rings is 1. The molecule has 2 aromatic rings. The minimum Gasteiger partial charge on any atom is -0.493 e. The number of ketones is 1. The lowest BCUT2D eigenvalue weighted by Gasteiger charge is -2.17. The summed E-state index contributed by atoms with van der Waals surface area (Å²) in [5.41, 5.74) is 0.475. The lowest BCUT2D eigenvalue weighted by atomic mass is 9.96. The van der Waals surface area contributed by atoms with E-state index in [2.05, 4.69) is 27.1 Å². The molecule has 2 unspecified atom stereocenters. The van der Waals surface area contributed by atoms with E-state index in [0.29, 0.717) is 36.6 Å². The van der Waals surface area contributed by atoms with Crippen LogP contribution in [-0.2, 0) is 16.0 Å². The van der Waals surface area contributed by atoms with Crippen LogP contribution in [0.5, 0.6) is 11.5 Å². The Kier molecular flexibility index (Phi) is 9.12. The standard InChI is InChI=1S/C23H30N4O5/c1-6-7-8-9-17(15(3)28)22(29)24-14(2)21-23(30)25-20(26-27-21)13-16-10-11-18(31-4)19(12-16)32-5/h6,10-12,14,17H,1,7-9,13H2,2-5H3,(H,24,29)(H,25,26,30). The quantitative estimate of drug-likeness (QED) is 0.294. The molecule has 1 aromatic heterocycles. The number of aromatic amines is 1. The number of Topliss-reactive ketones (excluding diaryl/α,β-unsaturated/α-hetero) is 1. The van der Waals surface area contributed by atoms with Gasteiger partial charge in [-0.3, -0.25) is 14.4 Å². The molecule has 0 aliphatic heterocycles.